The van der Waals surface area contributed by atoms with Crippen molar-refractivity contribution in [3.63, 3.8) is 0 Å². The van der Waals surface area contributed by atoms with Gasteiger partial charge in [0.15, 0.2) is 17.0 Å². The van der Waals surface area contributed by atoms with Crippen molar-refractivity contribution in [3.05, 3.63) is 68.6 Å². The van der Waals surface area contributed by atoms with E-state index in [9.17, 15) is 14.4 Å². The highest BCUT2D eigenvalue weighted by Gasteiger charge is 2.26. The summed E-state index contributed by atoms with van der Waals surface area (Å²) in [5.74, 6) is 0.218. The van der Waals surface area contributed by atoms with Gasteiger partial charge in [0.2, 0.25) is 0 Å². The van der Waals surface area contributed by atoms with Gasteiger partial charge in [-0.15, -0.1) is 0 Å². The standard InChI is InChI=1S/C26H32N6O4/c1-5-8-13-36-26(35)32-21-23(30(7-3)25(34)31(12-6-2)24(21)33)28-22(32)20-15-27-29(17-20)16-19-11-9-10-18(4)14-19/h9-11,14-15,17H,5-8,12-13,16H2,1-4H3. The maximum atomic E-state index is 13.4. The lowest BCUT2D eigenvalue weighted by atomic mass is 10.1. The number of carbonyl (C=O) groups excluding carboxylic acids is 1. The molecule has 0 amide bonds. The maximum absolute atomic E-state index is 13.4. The van der Waals surface area contributed by atoms with Crippen molar-refractivity contribution in [2.24, 2.45) is 0 Å². The van der Waals surface area contributed by atoms with Gasteiger partial charge in [-0.25, -0.2) is 19.1 Å². The van der Waals surface area contributed by atoms with Crippen molar-refractivity contribution in [1.82, 2.24) is 28.5 Å². The molecule has 3 aromatic heterocycles. The Hall–Kier alpha value is -3.95. The van der Waals surface area contributed by atoms with Crippen molar-refractivity contribution in [2.45, 2.75) is 66.6 Å². The fourth-order valence-electron chi connectivity index (χ4n) is 4.25. The molecule has 0 atom stereocenters. The van der Waals surface area contributed by atoms with Gasteiger partial charge >= 0.3 is 11.8 Å². The zero-order chi connectivity index (χ0) is 25.8. The summed E-state index contributed by atoms with van der Waals surface area (Å²) in [4.78, 5) is 44.4. The van der Waals surface area contributed by atoms with Gasteiger partial charge in [-0.1, -0.05) is 50.1 Å². The summed E-state index contributed by atoms with van der Waals surface area (Å²) in [6.45, 7) is 9.02. The second-order valence-corrected chi connectivity index (χ2v) is 8.81. The molecule has 0 N–H and O–H groups in total. The van der Waals surface area contributed by atoms with Gasteiger partial charge in [0.05, 0.1) is 24.9 Å². The molecule has 190 valence electrons. The molecule has 0 aliphatic carbocycles. The van der Waals surface area contributed by atoms with Gasteiger partial charge in [-0.2, -0.15) is 5.10 Å². The van der Waals surface area contributed by atoms with E-state index in [1.54, 1.807) is 24.0 Å². The summed E-state index contributed by atoms with van der Waals surface area (Å²) < 4.78 is 11.0. The highest BCUT2D eigenvalue weighted by Crippen LogP contribution is 2.23. The molecule has 0 fully saturated rings. The summed E-state index contributed by atoms with van der Waals surface area (Å²) in [7, 11) is 0. The molecule has 0 radical (unpaired) electrons. The quantitative estimate of drug-likeness (QED) is 0.329. The van der Waals surface area contributed by atoms with Gasteiger partial charge in [-0.3, -0.25) is 18.6 Å². The van der Waals surface area contributed by atoms with Crippen LogP contribution in [0.5, 0.6) is 0 Å². The number of ether oxygens (including phenoxy) is 1. The Labute approximate surface area is 208 Å². The van der Waals surface area contributed by atoms with Crippen LogP contribution in [0.2, 0.25) is 0 Å². The van der Waals surface area contributed by atoms with Crippen molar-refractivity contribution in [2.75, 3.05) is 6.61 Å². The van der Waals surface area contributed by atoms with E-state index in [0.29, 0.717) is 31.5 Å². The second-order valence-electron chi connectivity index (χ2n) is 8.81. The van der Waals surface area contributed by atoms with E-state index in [-0.39, 0.29) is 30.1 Å². The minimum atomic E-state index is -0.700. The number of unbranched alkanes of at least 4 members (excludes halogenated alkanes) is 1. The number of hydrogen-bond acceptors (Lipinski definition) is 6. The third-order valence-corrected chi connectivity index (χ3v) is 6.01. The molecular formula is C26H32N6O4. The lowest BCUT2D eigenvalue weighted by molar-refractivity contribution is 0.147. The van der Waals surface area contributed by atoms with Crippen LogP contribution in [0.1, 0.15) is 51.2 Å². The number of imidazole rings is 1. The fraction of sp³-hybridized carbons (Fsp3) is 0.423. The van der Waals surface area contributed by atoms with Gasteiger partial charge in [0.1, 0.15) is 0 Å². The zero-order valence-electron chi connectivity index (χ0n) is 21.2. The molecular weight excluding hydrogens is 460 g/mol. The lowest BCUT2D eigenvalue weighted by Gasteiger charge is -2.11. The number of benzene rings is 1. The minimum absolute atomic E-state index is 0.0350. The van der Waals surface area contributed by atoms with Crippen molar-refractivity contribution < 1.29 is 9.53 Å². The molecule has 0 saturated carbocycles. The van der Waals surface area contributed by atoms with Crippen molar-refractivity contribution >= 4 is 17.3 Å². The third kappa shape index (κ3) is 4.75. The molecule has 3 heterocycles. The molecule has 1 aromatic carbocycles. The van der Waals surface area contributed by atoms with E-state index in [1.165, 1.54) is 9.13 Å². The molecule has 0 saturated heterocycles. The van der Waals surface area contributed by atoms with Gasteiger partial charge in [0, 0.05) is 19.3 Å². The van der Waals surface area contributed by atoms with Crippen LogP contribution in [0.15, 0.2) is 46.2 Å². The molecule has 36 heavy (non-hydrogen) atoms. The molecule has 0 bridgehead atoms. The Morgan fingerprint density at radius 3 is 2.58 bits per heavy atom. The summed E-state index contributed by atoms with van der Waals surface area (Å²) >= 11 is 0. The number of hydrogen-bond donors (Lipinski definition) is 0. The van der Waals surface area contributed by atoms with E-state index in [4.69, 9.17) is 4.74 Å². The van der Waals surface area contributed by atoms with Crippen LogP contribution in [0.25, 0.3) is 22.6 Å². The highest BCUT2D eigenvalue weighted by atomic mass is 16.5. The Balaban J connectivity index is 1.89. The lowest BCUT2D eigenvalue weighted by Crippen LogP contribution is -2.40. The number of rotatable bonds is 9. The van der Waals surface area contributed by atoms with Crippen LogP contribution in [0.3, 0.4) is 0 Å². The summed E-state index contributed by atoms with van der Waals surface area (Å²) in [6.07, 6.45) is 4.83. The van der Waals surface area contributed by atoms with E-state index in [1.807, 2.05) is 39.0 Å². The van der Waals surface area contributed by atoms with Gasteiger partial charge in [-0.05, 0) is 32.3 Å². The predicted molar refractivity (Wildman–Crippen MR) is 137 cm³/mol. The average Bonchev–Trinajstić information content (AvgIpc) is 3.47. The second kappa shape index (κ2) is 10.8. The average molecular weight is 493 g/mol. The maximum Gasteiger partial charge on any atom is 0.420 e. The Morgan fingerprint density at radius 1 is 1.08 bits per heavy atom. The SMILES string of the molecule is CCCCOC(=O)n1c(-c2cnn(Cc3cccc(C)c3)c2)nc2c1c(=O)n(CCC)c(=O)n2CC. The molecule has 0 unspecified atom stereocenters. The van der Waals surface area contributed by atoms with Crippen molar-refractivity contribution in [3.8, 4) is 11.4 Å². The van der Waals surface area contributed by atoms with E-state index < -0.39 is 17.3 Å². The van der Waals surface area contributed by atoms with Crippen molar-refractivity contribution in [1.29, 1.82) is 0 Å². The van der Waals surface area contributed by atoms with Gasteiger partial charge in [0.25, 0.3) is 5.56 Å². The third-order valence-electron chi connectivity index (χ3n) is 6.01. The Kier molecular flexibility index (Phi) is 7.52. The minimum Gasteiger partial charge on any atom is -0.449 e. The normalized spacial score (nSPS) is 11.3. The summed E-state index contributed by atoms with van der Waals surface area (Å²) in [5, 5.41) is 4.45. The van der Waals surface area contributed by atoms with E-state index in [0.717, 1.165) is 22.1 Å². The van der Waals surface area contributed by atoms with E-state index in [2.05, 4.69) is 16.1 Å². The molecule has 4 rings (SSSR count). The monoisotopic (exact) mass is 492 g/mol. The topological polar surface area (TPSA) is 106 Å². The predicted octanol–water partition coefficient (Wildman–Crippen LogP) is 3.79. The summed E-state index contributed by atoms with van der Waals surface area (Å²) in [5.41, 5.74) is 1.98. The van der Waals surface area contributed by atoms with Crippen LogP contribution in [0.4, 0.5) is 4.79 Å². The van der Waals surface area contributed by atoms with Crippen LogP contribution in [-0.4, -0.2) is 41.2 Å². The number of fused-ring (bicyclic) bond motifs is 1. The first-order valence-electron chi connectivity index (χ1n) is 12.4. The Morgan fingerprint density at radius 2 is 1.89 bits per heavy atom. The Bertz CT molecular complexity index is 1510. The highest BCUT2D eigenvalue weighted by molar-refractivity contribution is 5.90. The number of aromatic nitrogens is 6. The fourth-order valence-corrected chi connectivity index (χ4v) is 4.25. The molecule has 0 aliphatic rings. The first-order chi connectivity index (χ1) is 17.4. The zero-order valence-corrected chi connectivity index (χ0v) is 21.2. The van der Waals surface area contributed by atoms with Crippen LogP contribution < -0.4 is 11.2 Å². The molecule has 10 nitrogen and oxygen atoms in total. The molecule has 0 aliphatic heterocycles. The largest absolute Gasteiger partial charge is 0.449 e. The van der Waals surface area contributed by atoms with Crippen LogP contribution in [-0.2, 0) is 24.4 Å². The number of aryl methyl sites for hydroxylation is 2. The first-order valence-corrected chi connectivity index (χ1v) is 12.4. The molecule has 4 aromatic rings. The van der Waals surface area contributed by atoms with Gasteiger partial charge < -0.3 is 4.74 Å². The molecule has 10 heteroatoms. The number of nitrogens with zero attached hydrogens (tertiary/aromatic N) is 6. The van der Waals surface area contributed by atoms with Crippen LogP contribution in [0, 0.1) is 6.92 Å². The smallest absolute Gasteiger partial charge is 0.420 e. The summed E-state index contributed by atoms with van der Waals surface area (Å²) in [6, 6.07) is 8.12. The first kappa shape index (κ1) is 25.2. The van der Waals surface area contributed by atoms with E-state index >= 15 is 0 Å². The van der Waals surface area contributed by atoms with Crippen LogP contribution >= 0.6 is 0 Å². The number of carbonyl (C=O) groups is 1. The molecule has 0 spiro atoms.